The first-order valence-corrected chi connectivity index (χ1v) is 12.4. The Balaban J connectivity index is 1.46. The van der Waals surface area contributed by atoms with Gasteiger partial charge in [0.05, 0.1) is 0 Å². The van der Waals surface area contributed by atoms with Gasteiger partial charge in [0, 0.05) is 51.5 Å². The predicted molar refractivity (Wildman–Crippen MR) is 112 cm³/mol. The van der Waals surface area contributed by atoms with Gasteiger partial charge in [0.1, 0.15) is 10.7 Å². The number of piperazine rings is 1. The second-order valence-corrected chi connectivity index (χ2v) is 10.6. The molecule has 2 aliphatic heterocycles. The molecule has 3 heterocycles. The Morgan fingerprint density at radius 2 is 1.61 bits per heavy atom. The number of hydrogen-bond donors (Lipinski definition) is 0. The highest BCUT2D eigenvalue weighted by Crippen LogP contribution is 2.31. The Hall–Kier alpha value is -1.18. The minimum absolute atomic E-state index is 0.386. The lowest BCUT2D eigenvalue weighted by molar-refractivity contribution is 0.132. The van der Waals surface area contributed by atoms with Crippen molar-refractivity contribution >= 4 is 15.8 Å². The van der Waals surface area contributed by atoms with E-state index >= 15 is 0 Å². The summed E-state index contributed by atoms with van der Waals surface area (Å²) in [4.78, 5) is 9.69. The number of aromatic nitrogens is 1. The number of sulfonamides is 1. The predicted octanol–water partition coefficient (Wildman–Crippen LogP) is 2.96. The van der Waals surface area contributed by atoms with Crippen molar-refractivity contribution < 1.29 is 8.42 Å². The third kappa shape index (κ3) is 4.21. The van der Waals surface area contributed by atoms with E-state index in [1.807, 2.05) is 0 Å². The van der Waals surface area contributed by atoms with Gasteiger partial charge in [0.25, 0.3) is 0 Å². The van der Waals surface area contributed by atoms with Crippen molar-refractivity contribution in [3.8, 4) is 0 Å². The quantitative estimate of drug-likeness (QED) is 0.769. The highest BCUT2D eigenvalue weighted by molar-refractivity contribution is 7.89. The smallest absolute Gasteiger partial charge is 0.246 e. The zero-order chi connectivity index (χ0) is 19.6. The third-order valence-electron chi connectivity index (χ3n) is 6.80. The van der Waals surface area contributed by atoms with Gasteiger partial charge in [-0.1, -0.05) is 13.3 Å². The molecule has 1 aliphatic carbocycles. The van der Waals surface area contributed by atoms with Gasteiger partial charge >= 0.3 is 0 Å². The summed E-state index contributed by atoms with van der Waals surface area (Å²) in [6, 6.07) is 4.19. The molecule has 1 saturated carbocycles. The van der Waals surface area contributed by atoms with E-state index in [-0.39, 0.29) is 0 Å². The zero-order valence-electron chi connectivity index (χ0n) is 17.1. The summed E-state index contributed by atoms with van der Waals surface area (Å²) in [6.07, 6.45) is 10.0. The minimum atomic E-state index is -3.47. The minimum Gasteiger partial charge on any atom is -0.353 e. The van der Waals surface area contributed by atoms with Crippen molar-refractivity contribution in [2.75, 3.05) is 44.2 Å². The van der Waals surface area contributed by atoms with E-state index in [1.165, 1.54) is 25.7 Å². The van der Waals surface area contributed by atoms with E-state index in [1.54, 1.807) is 22.6 Å². The van der Waals surface area contributed by atoms with E-state index in [4.69, 9.17) is 0 Å². The molecule has 28 heavy (non-hydrogen) atoms. The Labute approximate surface area is 170 Å². The van der Waals surface area contributed by atoms with Crippen molar-refractivity contribution in [1.82, 2.24) is 14.2 Å². The molecule has 3 aliphatic rings. The second kappa shape index (κ2) is 8.67. The first-order chi connectivity index (χ1) is 13.6. The molecule has 0 aromatic carbocycles. The van der Waals surface area contributed by atoms with Gasteiger partial charge in [-0.2, -0.15) is 4.31 Å². The second-order valence-electron chi connectivity index (χ2n) is 8.73. The monoisotopic (exact) mass is 406 g/mol. The van der Waals surface area contributed by atoms with Crippen LogP contribution in [-0.2, 0) is 10.0 Å². The molecule has 3 fully saturated rings. The van der Waals surface area contributed by atoms with Crippen LogP contribution in [0.2, 0.25) is 0 Å². The molecule has 4 rings (SSSR count). The standard InChI is InChI=1S/C21H34N4O2S/c1-18-7-9-19(10-8-18)23-14-16-24(17-15-23)21-20(6-5-11-22-21)28(26,27)25-12-3-2-4-13-25/h5-6,11,18-19H,2-4,7-10,12-17H2,1H3. The highest BCUT2D eigenvalue weighted by Gasteiger charge is 2.32. The lowest BCUT2D eigenvalue weighted by Gasteiger charge is -2.42. The molecule has 1 aromatic heterocycles. The molecule has 0 N–H and O–H groups in total. The summed E-state index contributed by atoms with van der Waals surface area (Å²) in [5.41, 5.74) is 0. The van der Waals surface area contributed by atoms with Gasteiger partial charge in [0.2, 0.25) is 10.0 Å². The van der Waals surface area contributed by atoms with Crippen LogP contribution in [0.1, 0.15) is 51.9 Å². The fourth-order valence-corrected chi connectivity index (χ4v) is 6.65. The Morgan fingerprint density at radius 3 is 2.29 bits per heavy atom. The van der Waals surface area contributed by atoms with Crippen LogP contribution in [0.3, 0.4) is 0 Å². The number of anilines is 1. The average molecular weight is 407 g/mol. The molecular weight excluding hydrogens is 372 g/mol. The molecule has 156 valence electrons. The first kappa shape index (κ1) is 20.1. The van der Waals surface area contributed by atoms with Crippen LogP contribution in [0, 0.1) is 5.92 Å². The number of pyridine rings is 1. The van der Waals surface area contributed by atoms with Crippen LogP contribution < -0.4 is 4.90 Å². The topological polar surface area (TPSA) is 56.8 Å². The van der Waals surface area contributed by atoms with Crippen LogP contribution in [0.15, 0.2) is 23.2 Å². The van der Waals surface area contributed by atoms with Crippen molar-refractivity contribution in [3.63, 3.8) is 0 Å². The van der Waals surface area contributed by atoms with Gasteiger partial charge in [-0.25, -0.2) is 13.4 Å². The van der Waals surface area contributed by atoms with Crippen LogP contribution in [0.5, 0.6) is 0 Å². The molecule has 0 spiro atoms. The Bertz CT molecular complexity index is 747. The van der Waals surface area contributed by atoms with E-state index in [0.29, 0.717) is 29.8 Å². The van der Waals surface area contributed by atoms with E-state index in [2.05, 4.69) is 21.7 Å². The number of rotatable bonds is 4. The maximum absolute atomic E-state index is 13.2. The van der Waals surface area contributed by atoms with Crippen LogP contribution >= 0.6 is 0 Å². The molecular formula is C21H34N4O2S. The van der Waals surface area contributed by atoms with Gasteiger partial charge in [-0.3, -0.25) is 4.90 Å². The molecule has 2 saturated heterocycles. The third-order valence-corrected chi connectivity index (χ3v) is 8.72. The Morgan fingerprint density at radius 1 is 0.929 bits per heavy atom. The molecule has 0 atom stereocenters. The van der Waals surface area contributed by atoms with Crippen LogP contribution in [0.4, 0.5) is 5.82 Å². The van der Waals surface area contributed by atoms with Gasteiger partial charge < -0.3 is 4.90 Å². The summed E-state index contributed by atoms with van der Waals surface area (Å²) in [5.74, 6) is 1.51. The summed E-state index contributed by atoms with van der Waals surface area (Å²) in [6.45, 7) is 7.32. The maximum Gasteiger partial charge on any atom is 0.246 e. The lowest BCUT2D eigenvalue weighted by atomic mass is 9.86. The van der Waals surface area contributed by atoms with E-state index in [9.17, 15) is 8.42 Å². The fraction of sp³-hybridized carbons (Fsp3) is 0.762. The van der Waals surface area contributed by atoms with Crippen molar-refractivity contribution in [3.05, 3.63) is 18.3 Å². The van der Waals surface area contributed by atoms with Crippen molar-refractivity contribution in [1.29, 1.82) is 0 Å². The fourth-order valence-electron chi connectivity index (χ4n) is 4.97. The maximum atomic E-state index is 13.2. The molecule has 7 heteroatoms. The van der Waals surface area contributed by atoms with Crippen LogP contribution in [0.25, 0.3) is 0 Å². The summed E-state index contributed by atoms with van der Waals surface area (Å²) in [5, 5.41) is 0. The Kier molecular flexibility index (Phi) is 6.23. The summed E-state index contributed by atoms with van der Waals surface area (Å²) < 4.78 is 28.1. The average Bonchev–Trinajstić information content (AvgIpc) is 2.75. The SMILES string of the molecule is CC1CCC(N2CCN(c3ncccc3S(=O)(=O)N3CCCCC3)CC2)CC1. The summed E-state index contributed by atoms with van der Waals surface area (Å²) in [7, 11) is -3.47. The molecule has 6 nitrogen and oxygen atoms in total. The van der Waals surface area contributed by atoms with Gasteiger partial charge in [-0.15, -0.1) is 0 Å². The van der Waals surface area contributed by atoms with E-state index < -0.39 is 10.0 Å². The zero-order valence-corrected chi connectivity index (χ0v) is 17.9. The van der Waals surface area contributed by atoms with Crippen molar-refractivity contribution in [2.45, 2.75) is 62.8 Å². The number of hydrogen-bond acceptors (Lipinski definition) is 5. The largest absolute Gasteiger partial charge is 0.353 e. The number of nitrogens with zero attached hydrogens (tertiary/aromatic N) is 4. The first-order valence-electron chi connectivity index (χ1n) is 11.0. The lowest BCUT2D eigenvalue weighted by Crippen LogP contribution is -2.51. The van der Waals surface area contributed by atoms with E-state index in [0.717, 1.165) is 51.4 Å². The molecule has 1 aromatic rings. The molecule has 0 unspecified atom stereocenters. The highest BCUT2D eigenvalue weighted by atomic mass is 32.2. The molecule has 0 amide bonds. The summed E-state index contributed by atoms with van der Waals surface area (Å²) >= 11 is 0. The van der Waals surface area contributed by atoms with Crippen LogP contribution in [-0.4, -0.2) is 67.9 Å². The normalized spacial score (nSPS) is 28.4. The van der Waals surface area contributed by atoms with Gasteiger partial charge in [0.15, 0.2) is 0 Å². The number of piperidine rings is 1. The van der Waals surface area contributed by atoms with Crippen molar-refractivity contribution in [2.24, 2.45) is 5.92 Å². The molecule has 0 bridgehead atoms. The van der Waals surface area contributed by atoms with Gasteiger partial charge in [-0.05, 0) is 56.6 Å². The molecule has 0 radical (unpaired) electrons.